The zero-order valence-electron chi connectivity index (χ0n) is 17.3. The summed E-state index contributed by atoms with van der Waals surface area (Å²) in [5, 5.41) is 0.619. The van der Waals surface area contributed by atoms with Crippen molar-refractivity contribution in [1.29, 1.82) is 0 Å². The highest BCUT2D eigenvalue weighted by molar-refractivity contribution is 7.89. The summed E-state index contributed by atoms with van der Waals surface area (Å²) >= 11 is 6.40. The number of carbonyl (C=O) groups is 1. The van der Waals surface area contributed by atoms with Gasteiger partial charge in [0, 0.05) is 36.3 Å². The van der Waals surface area contributed by atoms with Gasteiger partial charge in [-0.15, -0.1) is 0 Å². The number of anilines is 1. The molecular formula is C22H28ClN3O3S. The molecule has 2 aromatic rings. The zero-order chi connectivity index (χ0) is 21.7. The third kappa shape index (κ3) is 5.03. The second-order valence-corrected chi connectivity index (χ2v) is 9.43. The van der Waals surface area contributed by atoms with Crippen molar-refractivity contribution < 1.29 is 13.2 Å². The van der Waals surface area contributed by atoms with Crippen LogP contribution in [0.4, 0.5) is 5.69 Å². The summed E-state index contributed by atoms with van der Waals surface area (Å²) in [5.74, 6) is 0.0746. The molecule has 0 aromatic heterocycles. The molecule has 2 aromatic carbocycles. The number of hydrogen-bond donors (Lipinski definition) is 1. The molecule has 1 N–H and O–H groups in total. The molecule has 8 heteroatoms. The molecule has 1 heterocycles. The van der Waals surface area contributed by atoms with Crippen molar-refractivity contribution in [2.45, 2.75) is 37.6 Å². The molecule has 0 saturated carbocycles. The van der Waals surface area contributed by atoms with Gasteiger partial charge in [-0.1, -0.05) is 43.6 Å². The average molecular weight is 450 g/mol. The fourth-order valence-corrected chi connectivity index (χ4v) is 5.14. The smallest absolute Gasteiger partial charge is 0.240 e. The first-order valence-corrected chi connectivity index (χ1v) is 12.1. The average Bonchev–Trinajstić information content (AvgIpc) is 3.18. The van der Waals surface area contributed by atoms with E-state index in [1.54, 1.807) is 29.2 Å². The van der Waals surface area contributed by atoms with Gasteiger partial charge in [-0.05, 0) is 55.4 Å². The number of likely N-dealkylation sites (N-methyl/N-ethyl adjacent to an activating group) is 1. The van der Waals surface area contributed by atoms with E-state index in [1.165, 1.54) is 0 Å². The van der Waals surface area contributed by atoms with Gasteiger partial charge in [0.15, 0.2) is 0 Å². The van der Waals surface area contributed by atoms with Crippen molar-refractivity contribution in [3.8, 4) is 0 Å². The van der Waals surface area contributed by atoms with Crippen LogP contribution in [-0.2, 0) is 14.8 Å². The van der Waals surface area contributed by atoms with Crippen LogP contribution in [0.25, 0.3) is 0 Å². The van der Waals surface area contributed by atoms with Crippen LogP contribution in [0.1, 0.15) is 38.3 Å². The minimum atomic E-state index is -3.70. The number of rotatable bonds is 9. The number of carbonyl (C=O) groups excluding carboxylic acids is 1. The Labute approximate surface area is 183 Å². The molecule has 1 amide bonds. The first-order valence-electron chi connectivity index (χ1n) is 10.3. The second kappa shape index (κ2) is 9.92. The van der Waals surface area contributed by atoms with E-state index in [1.807, 2.05) is 38.1 Å². The number of halogens is 1. The van der Waals surface area contributed by atoms with Crippen molar-refractivity contribution in [3.63, 3.8) is 0 Å². The van der Waals surface area contributed by atoms with Gasteiger partial charge in [-0.3, -0.25) is 9.69 Å². The van der Waals surface area contributed by atoms with Gasteiger partial charge < -0.3 is 4.90 Å². The first kappa shape index (κ1) is 22.7. The second-order valence-electron chi connectivity index (χ2n) is 7.25. The van der Waals surface area contributed by atoms with Crippen LogP contribution < -0.4 is 9.62 Å². The van der Waals surface area contributed by atoms with E-state index in [0.29, 0.717) is 18.0 Å². The standard InChI is InChI=1S/C22H28ClN3O3S/c1-3-25(4-2)21(19-8-5-6-9-20(19)23)16-24-30(28,29)18-13-11-17(12-14-18)26-15-7-10-22(26)27/h5-6,8-9,11-14,21,24H,3-4,7,10,15-16H2,1-2H3/t21-/m1/s1. The van der Waals surface area contributed by atoms with Gasteiger partial charge in [-0.2, -0.15) is 0 Å². The van der Waals surface area contributed by atoms with Crippen molar-refractivity contribution in [3.05, 3.63) is 59.1 Å². The minimum Gasteiger partial charge on any atom is -0.312 e. The Hall–Kier alpha value is -1.93. The molecule has 1 aliphatic heterocycles. The van der Waals surface area contributed by atoms with Crippen LogP contribution in [-0.4, -0.2) is 45.4 Å². The van der Waals surface area contributed by atoms with Crippen LogP contribution in [0.15, 0.2) is 53.4 Å². The molecule has 162 valence electrons. The maximum atomic E-state index is 12.9. The third-order valence-corrected chi connectivity index (χ3v) is 7.30. The number of sulfonamides is 1. The zero-order valence-corrected chi connectivity index (χ0v) is 18.9. The Morgan fingerprint density at radius 2 is 1.77 bits per heavy atom. The predicted octanol–water partition coefficient (Wildman–Crippen LogP) is 3.83. The van der Waals surface area contributed by atoms with Crippen molar-refractivity contribution >= 4 is 33.2 Å². The fraction of sp³-hybridized carbons (Fsp3) is 0.409. The molecule has 0 radical (unpaired) electrons. The molecule has 3 rings (SSSR count). The van der Waals surface area contributed by atoms with E-state index in [0.717, 1.165) is 30.8 Å². The van der Waals surface area contributed by atoms with Gasteiger partial charge >= 0.3 is 0 Å². The Balaban J connectivity index is 1.77. The number of benzene rings is 2. The van der Waals surface area contributed by atoms with Gasteiger partial charge in [0.25, 0.3) is 0 Å². The molecule has 30 heavy (non-hydrogen) atoms. The third-order valence-electron chi connectivity index (χ3n) is 5.52. The lowest BCUT2D eigenvalue weighted by atomic mass is 10.1. The maximum Gasteiger partial charge on any atom is 0.240 e. The summed E-state index contributed by atoms with van der Waals surface area (Å²) in [6, 6.07) is 13.8. The molecule has 0 spiro atoms. The van der Waals surface area contributed by atoms with Gasteiger partial charge in [0.2, 0.25) is 15.9 Å². The SMILES string of the molecule is CCN(CC)[C@H](CNS(=O)(=O)c1ccc(N2CCCC2=O)cc1)c1ccccc1Cl. The minimum absolute atomic E-state index is 0.0746. The highest BCUT2D eigenvalue weighted by Crippen LogP contribution is 2.28. The van der Waals surface area contributed by atoms with E-state index in [9.17, 15) is 13.2 Å². The van der Waals surface area contributed by atoms with Crippen LogP contribution in [0.2, 0.25) is 5.02 Å². The molecule has 6 nitrogen and oxygen atoms in total. The molecule has 0 bridgehead atoms. The molecule has 1 aliphatic rings. The van der Waals surface area contributed by atoms with Gasteiger partial charge in [0.05, 0.1) is 4.90 Å². The first-order chi connectivity index (χ1) is 14.4. The summed E-state index contributed by atoms with van der Waals surface area (Å²) in [6.07, 6.45) is 1.37. The molecule has 1 saturated heterocycles. The molecule has 1 atom stereocenters. The summed E-state index contributed by atoms with van der Waals surface area (Å²) in [6.45, 7) is 6.51. The Kier molecular flexibility index (Phi) is 7.52. The van der Waals surface area contributed by atoms with Crippen molar-refractivity contribution in [2.75, 3.05) is 31.1 Å². The normalized spacial score (nSPS) is 15.7. The Bertz CT molecular complexity index is 975. The number of hydrogen-bond acceptors (Lipinski definition) is 4. The largest absolute Gasteiger partial charge is 0.312 e. The Morgan fingerprint density at radius 1 is 1.10 bits per heavy atom. The van der Waals surface area contributed by atoms with Gasteiger partial charge in [-0.25, -0.2) is 13.1 Å². The highest BCUT2D eigenvalue weighted by Gasteiger charge is 2.25. The summed E-state index contributed by atoms with van der Waals surface area (Å²) in [7, 11) is -3.70. The van der Waals surface area contributed by atoms with E-state index in [2.05, 4.69) is 9.62 Å². The lowest BCUT2D eigenvalue weighted by Crippen LogP contribution is -2.38. The van der Waals surface area contributed by atoms with E-state index >= 15 is 0 Å². The molecular weight excluding hydrogens is 422 g/mol. The maximum absolute atomic E-state index is 12.9. The Morgan fingerprint density at radius 3 is 2.33 bits per heavy atom. The lowest BCUT2D eigenvalue weighted by Gasteiger charge is -2.30. The van der Waals surface area contributed by atoms with E-state index < -0.39 is 10.0 Å². The predicted molar refractivity (Wildman–Crippen MR) is 120 cm³/mol. The monoisotopic (exact) mass is 449 g/mol. The summed E-state index contributed by atoms with van der Waals surface area (Å²) in [4.78, 5) is 15.9. The van der Waals surface area contributed by atoms with Gasteiger partial charge in [0.1, 0.15) is 0 Å². The van der Waals surface area contributed by atoms with Crippen LogP contribution in [0.5, 0.6) is 0 Å². The number of nitrogens with one attached hydrogen (secondary N) is 1. The van der Waals surface area contributed by atoms with Crippen LogP contribution in [0.3, 0.4) is 0 Å². The van der Waals surface area contributed by atoms with E-state index in [4.69, 9.17) is 11.6 Å². The summed E-state index contributed by atoms with van der Waals surface area (Å²) < 4.78 is 28.6. The molecule has 0 unspecified atom stereocenters. The topological polar surface area (TPSA) is 69.7 Å². The molecule has 0 aliphatic carbocycles. The van der Waals surface area contributed by atoms with E-state index in [-0.39, 0.29) is 23.4 Å². The van der Waals surface area contributed by atoms with Crippen LogP contribution in [0, 0.1) is 0 Å². The quantitative estimate of drug-likeness (QED) is 0.631. The van der Waals surface area contributed by atoms with Crippen molar-refractivity contribution in [2.24, 2.45) is 0 Å². The van der Waals surface area contributed by atoms with Crippen LogP contribution >= 0.6 is 11.6 Å². The van der Waals surface area contributed by atoms with Crippen molar-refractivity contribution in [1.82, 2.24) is 9.62 Å². The lowest BCUT2D eigenvalue weighted by molar-refractivity contribution is -0.117. The number of amides is 1. The summed E-state index contributed by atoms with van der Waals surface area (Å²) in [5.41, 5.74) is 1.63. The number of nitrogens with zero attached hydrogens (tertiary/aromatic N) is 2. The fourth-order valence-electron chi connectivity index (χ4n) is 3.84. The molecule has 1 fully saturated rings. The highest BCUT2D eigenvalue weighted by atomic mass is 35.5.